The van der Waals surface area contributed by atoms with E-state index >= 15 is 0 Å². The fourth-order valence-electron chi connectivity index (χ4n) is 1.63. The summed E-state index contributed by atoms with van der Waals surface area (Å²) in [5, 5.41) is 3.90. The maximum absolute atomic E-state index is 12.7. The highest BCUT2D eigenvalue weighted by molar-refractivity contribution is 5.79. The van der Waals surface area contributed by atoms with Gasteiger partial charge in [-0.2, -0.15) is 0 Å². The van der Waals surface area contributed by atoms with Crippen LogP contribution < -0.4 is 0 Å². The van der Waals surface area contributed by atoms with Crippen LogP contribution in [0.25, 0.3) is 0 Å². The van der Waals surface area contributed by atoms with E-state index in [4.69, 9.17) is 4.84 Å². The highest BCUT2D eigenvalue weighted by Gasteiger charge is 1.94. The summed E-state index contributed by atoms with van der Waals surface area (Å²) >= 11 is 0. The van der Waals surface area contributed by atoms with Gasteiger partial charge in [0.15, 0.2) is 0 Å². The second-order valence-electron chi connectivity index (χ2n) is 4.23. The summed E-state index contributed by atoms with van der Waals surface area (Å²) in [7, 11) is 0. The molecular weight excluding hydrogens is 241 g/mol. The molecule has 2 nitrogen and oxygen atoms in total. The van der Waals surface area contributed by atoms with Crippen molar-refractivity contribution >= 4 is 6.21 Å². The Morgan fingerprint density at radius 1 is 1.00 bits per heavy atom. The minimum absolute atomic E-state index is 0.247. The highest BCUT2D eigenvalue weighted by Crippen LogP contribution is 2.05. The zero-order chi connectivity index (χ0) is 13.5. The van der Waals surface area contributed by atoms with Crippen molar-refractivity contribution in [2.24, 2.45) is 5.16 Å². The zero-order valence-corrected chi connectivity index (χ0v) is 10.8. The van der Waals surface area contributed by atoms with Crippen LogP contribution in [0.5, 0.6) is 0 Å². The van der Waals surface area contributed by atoms with Crippen LogP contribution in [-0.4, -0.2) is 6.21 Å². The van der Waals surface area contributed by atoms with Crippen LogP contribution in [0.1, 0.15) is 23.6 Å². The third-order valence-electron chi connectivity index (χ3n) is 2.81. The van der Waals surface area contributed by atoms with Crippen molar-refractivity contribution in [3.8, 4) is 0 Å². The molecule has 2 aromatic carbocycles. The lowest BCUT2D eigenvalue weighted by molar-refractivity contribution is 0.132. The predicted octanol–water partition coefficient (Wildman–Crippen LogP) is 3.94. The van der Waals surface area contributed by atoms with Crippen molar-refractivity contribution in [2.45, 2.75) is 20.0 Å². The molecule has 0 spiro atoms. The number of benzene rings is 2. The molecule has 0 radical (unpaired) electrons. The molecule has 0 fully saturated rings. The summed E-state index contributed by atoms with van der Waals surface area (Å²) in [5.74, 6) is -0.247. The molecular formula is C16H16FNO. The molecule has 0 aliphatic heterocycles. The summed E-state index contributed by atoms with van der Waals surface area (Å²) in [6.45, 7) is 2.46. The van der Waals surface area contributed by atoms with Gasteiger partial charge in [-0.05, 0) is 35.2 Å². The first-order chi connectivity index (χ1) is 9.28. The van der Waals surface area contributed by atoms with Gasteiger partial charge in [0.1, 0.15) is 12.4 Å². The Morgan fingerprint density at radius 2 is 1.63 bits per heavy atom. The number of rotatable bonds is 5. The smallest absolute Gasteiger partial charge is 0.142 e. The Balaban J connectivity index is 1.84. The summed E-state index contributed by atoms with van der Waals surface area (Å²) < 4.78 is 12.7. The van der Waals surface area contributed by atoms with Gasteiger partial charge in [-0.15, -0.1) is 0 Å². The monoisotopic (exact) mass is 257 g/mol. The summed E-state index contributed by atoms with van der Waals surface area (Å²) in [6.07, 6.45) is 2.70. The van der Waals surface area contributed by atoms with E-state index in [2.05, 4.69) is 24.2 Å². The topological polar surface area (TPSA) is 21.6 Å². The first-order valence-corrected chi connectivity index (χ1v) is 6.26. The summed E-state index contributed by atoms with van der Waals surface area (Å²) in [6, 6.07) is 14.3. The quantitative estimate of drug-likeness (QED) is 0.587. The minimum Gasteiger partial charge on any atom is -0.391 e. The van der Waals surface area contributed by atoms with Crippen LogP contribution in [0, 0.1) is 5.82 Å². The van der Waals surface area contributed by atoms with Gasteiger partial charge in [0.05, 0.1) is 6.21 Å². The van der Waals surface area contributed by atoms with E-state index in [9.17, 15) is 4.39 Å². The van der Waals surface area contributed by atoms with Gasteiger partial charge in [-0.25, -0.2) is 4.39 Å². The third kappa shape index (κ3) is 4.21. The number of nitrogens with zero attached hydrogens (tertiary/aromatic N) is 1. The van der Waals surface area contributed by atoms with Crippen molar-refractivity contribution in [3.05, 3.63) is 71.0 Å². The number of hydrogen-bond donors (Lipinski definition) is 0. The molecule has 0 saturated carbocycles. The molecule has 0 saturated heterocycles. The van der Waals surface area contributed by atoms with Crippen molar-refractivity contribution in [2.75, 3.05) is 0 Å². The summed E-state index contributed by atoms with van der Waals surface area (Å²) in [5.41, 5.74) is 3.18. The normalized spacial score (nSPS) is 10.8. The van der Waals surface area contributed by atoms with Gasteiger partial charge < -0.3 is 4.84 Å². The molecule has 2 rings (SSSR count). The first-order valence-electron chi connectivity index (χ1n) is 6.26. The van der Waals surface area contributed by atoms with Crippen LogP contribution in [0.15, 0.2) is 53.7 Å². The lowest BCUT2D eigenvalue weighted by Crippen LogP contribution is -1.89. The second-order valence-corrected chi connectivity index (χ2v) is 4.23. The maximum Gasteiger partial charge on any atom is 0.142 e. The number of hydrogen-bond acceptors (Lipinski definition) is 2. The van der Waals surface area contributed by atoms with E-state index in [1.165, 1.54) is 17.7 Å². The predicted molar refractivity (Wildman–Crippen MR) is 74.6 cm³/mol. The largest absolute Gasteiger partial charge is 0.391 e. The Kier molecular flexibility index (Phi) is 4.67. The molecule has 0 aliphatic rings. The average molecular weight is 257 g/mol. The molecule has 3 heteroatoms. The van der Waals surface area contributed by atoms with Gasteiger partial charge in [0.2, 0.25) is 0 Å². The van der Waals surface area contributed by atoms with Crippen LogP contribution in [0.2, 0.25) is 0 Å². The van der Waals surface area contributed by atoms with Gasteiger partial charge in [-0.1, -0.05) is 48.5 Å². The lowest BCUT2D eigenvalue weighted by Gasteiger charge is -2.00. The van der Waals surface area contributed by atoms with Gasteiger partial charge in [0.25, 0.3) is 0 Å². The molecule has 0 aliphatic carbocycles. The molecule has 0 amide bonds. The maximum atomic E-state index is 12.7. The lowest BCUT2D eigenvalue weighted by atomic mass is 10.1. The average Bonchev–Trinajstić information content (AvgIpc) is 2.46. The van der Waals surface area contributed by atoms with Crippen molar-refractivity contribution in [3.63, 3.8) is 0 Å². The van der Waals surface area contributed by atoms with Crippen LogP contribution >= 0.6 is 0 Å². The Bertz CT molecular complexity index is 532. The fraction of sp³-hybridized carbons (Fsp3) is 0.188. The van der Waals surface area contributed by atoms with Crippen molar-refractivity contribution < 1.29 is 9.23 Å². The van der Waals surface area contributed by atoms with Crippen molar-refractivity contribution in [1.29, 1.82) is 0 Å². The number of oxime groups is 1. The summed E-state index contributed by atoms with van der Waals surface area (Å²) in [4.78, 5) is 5.17. The molecule has 0 bridgehead atoms. The molecule has 98 valence electrons. The van der Waals surface area contributed by atoms with Gasteiger partial charge in [-0.3, -0.25) is 0 Å². The number of halogens is 1. The third-order valence-corrected chi connectivity index (χ3v) is 2.81. The fourth-order valence-corrected chi connectivity index (χ4v) is 1.63. The molecule has 19 heavy (non-hydrogen) atoms. The van der Waals surface area contributed by atoms with Crippen LogP contribution in [0.4, 0.5) is 4.39 Å². The van der Waals surface area contributed by atoms with Gasteiger partial charge >= 0.3 is 0 Å². The van der Waals surface area contributed by atoms with E-state index in [0.717, 1.165) is 17.5 Å². The highest BCUT2D eigenvalue weighted by atomic mass is 19.1. The molecule has 0 unspecified atom stereocenters. The Morgan fingerprint density at radius 3 is 2.26 bits per heavy atom. The molecule has 0 heterocycles. The molecule has 0 N–H and O–H groups in total. The van der Waals surface area contributed by atoms with Gasteiger partial charge in [0, 0.05) is 0 Å². The van der Waals surface area contributed by atoms with Crippen molar-refractivity contribution in [1.82, 2.24) is 0 Å². The van der Waals surface area contributed by atoms with E-state index in [0.29, 0.717) is 6.61 Å². The standard InChI is InChI=1S/C16H16FNO/c1-2-13-3-5-14(6-4-13)11-18-19-12-15-7-9-16(17)10-8-15/h3-11H,2,12H2,1H3. The zero-order valence-electron chi connectivity index (χ0n) is 10.8. The first kappa shape index (κ1) is 13.3. The van der Waals surface area contributed by atoms with E-state index in [-0.39, 0.29) is 5.82 Å². The Labute approximate surface area is 112 Å². The molecule has 0 aromatic heterocycles. The Hall–Kier alpha value is -2.16. The molecule has 2 aromatic rings. The second kappa shape index (κ2) is 6.69. The van der Waals surface area contributed by atoms with Crippen LogP contribution in [-0.2, 0) is 17.9 Å². The van der Waals surface area contributed by atoms with E-state index in [1.807, 2.05) is 12.1 Å². The van der Waals surface area contributed by atoms with E-state index < -0.39 is 0 Å². The molecule has 0 atom stereocenters. The van der Waals surface area contributed by atoms with E-state index in [1.54, 1.807) is 18.3 Å². The SMILES string of the molecule is CCc1ccc(C=NOCc2ccc(F)cc2)cc1. The number of aryl methyl sites for hydroxylation is 1. The van der Waals surface area contributed by atoms with Crippen LogP contribution in [0.3, 0.4) is 0 Å². The minimum atomic E-state index is -0.247.